The monoisotopic (exact) mass is 313 g/mol. The number of aliphatic hydroxyl groups excluding tert-OH is 1. The molecule has 0 bridgehead atoms. The van der Waals surface area contributed by atoms with Crippen LogP contribution in [0.25, 0.3) is 0 Å². The Morgan fingerprint density at radius 1 is 0.818 bits per heavy atom. The van der Waals surface area contributed by atoms with Crippen LogP contribution in [0.15, 0.2) is 0 Å². The Kier molecular flexibility index (Phi) is 18.0. The van der Waals surface area contributed by atoms with Crippen molar-refractivity contribution >= 4 is 5.97 Å². The van der Waals surface area contributed by atoms with E-state index in [0.29, 0.717) is 6.42 Å². The van der Waals surface area contributed by atoms with Gasteiger partial charge >= 0.3 is 5.97 Å². The largest absolute Gasteiger partial charge is 0.465 e. The zero-order chi connectivity index (χ0) is 16.3. The fraction of sp³-hybridized carbons (Fsp3) is 0.895. The molecule has 0 amide bonds. The average molecular weight is 314 g/mol. The SMILES string of the molecule is CCCCCCCCCCCCCCCC(=O)OC[CH]CO. The number of hydrogen-bond acceptors (Lipinski definition) is 3. The third-order valence-electron chi connectivity index (χ3n) is 3.98. The summed E-state index contributed by atoms with van der Waals surface area (Å²) < 4.78 is 4.93. The lowest BCUT2D eigenvalue weighted by Gasteiger charge is -2.04. The molecule has 0 saturated carbocycles. The van der Waals surface area contributed by atoms with E-state index in [1.54, 1.807) is 6.42 Å². The number of carbonyl (C=O) groups excluding carboxylic acids is 1. The average Bonchev–Trinajstić information content (AvgIpc) is 2.52. The molecule has 0 fully saturated rings. The summed E-state index contributed by atoms with van der Waals surface area (Å²) in [6, 6.07) is 0. The highest BCUT2D eigenvalue weighted by atomic mass is 16.5. The Hall–Kier alpha value is -0.570. The normalized spacial score (nSPS) is 10.8. The molecule has 0 aromatic carbocycles. The number of hydrogen-bond donors (Lipinski definition) is 1. The van der Waals surface area contributed by atoms with E-state index in [2.05, 4.69) is 6.92 Å². The van der Waals surface area contributed by atoms with Gasteiger partial charge in [-0.25, -0.2) is 0 Å². The van der Waals surface area contributed by atoms with Crippen LogP contribution >= 0.6 is 0 Å². The van der Waals surface area contributed by atoms with Crippen LogP contribution in [0.3, 0.4) is 0 Å². The van der Waals surface area contributed by atoms with Gasteiger partial charge in [0.05, 0.1) is 6.61 Å². The molecule has 1 radical (unpaired) electrons. The maximum Gasteiger partial charge on any atom is 0.305 e. The summed E-state index contributed by atoms with van der Waals surface area (Å²) in [4.78, 5) is 11.3. The lowest BCUT2D eigenvalue weighted by Crippen LogP contribution is -2.07. The van der Waals surface area contributed by atoms with Crippen LogP contribution in [0, 0.1) is 6.42 Å². The minimum Gasteiger partial charge on any atom is -0.465 e. The first-order valence-electron chi connectivity index (χ1n) is 9.39. The van der Waals surface area contributed by atoms with Crippen molar-refractivity contribution in [2.24, 2.45) is 0 Å². The highest BCUT2D eigenvalue weighted by molar-refractivity contribution is 5.69. The van der Waals surface area contributed by atoms with Crippen LogP contribution in [0.2, 0.25) is 0 Å². The first kappa shape index (κ1) is 21.4. The first-order valence-corrected chi connectivity index (χ1v) is 9.39. The van der Waals surface area contributed by atoms with E-state index in [4.69, 9.17) is 9.84 Å². The molecular weight excluding hydrogens is 276 g/mol. The minimum absolute atomic E-state index is 0.0357. The van der Waals surface area contributed by atoms with Crippen molar-refractivity contribution in [2.45, 2.75) is 96.8 Å². The Morgan fingerprint density at radius 3 is 1.73 bits per heavy atom. The number of aliphatic hydroxyl groups is 1. The van der Waals surface area contributed by atoms with Crippen LogP contribution in [0.1, 0.15) is 96.8 Å². The molecule has 0 spiro atoms. The highest BCUT2D eigenvalue weighted by Crippen LogP contribution is 2.13. The maximum absolute atomic E-state index is 11.3. The number of ether oxygens (including phenoxy) is 1. The van der Waals surface area contributed by atoms with Gasteiger partial charge in [-0.1, -0.05) is 84.0 Å². The highest BCUT2D eigenvalue weighted by Gasteiger charge is 2.02. The zero-order valence-corrected chi connectivity index (χ0v) is 14.7. The van der Waals surface area contributed by atoms with Gasteiger partial charge in [-0.15, -0.1) is 0 Å². The lowest BCUT2D eigenvalue weighted by atomic mass is 10.0. The molecule has 0 atom stereocenters. The van der Waals surface area contributed by atoms with E-state index in [-0.39, 0.29) is 19.2 Å². The molecule has 0 aliphatic carbocycles. The van der Waals surface area contributed by atoms with Crippen molar-refractivity contribution in [3.05, 3.63) is 6.42 Å². The van der Waals surface area contributed by atoms with Crippen LogP contribution < -0.4 is 0 Å². The first-order chi connectivity index (χ1) is 10.8. The van der Waals surface area contributed by atoms with Gasteiger partial charge in [0.15, 0.2) is 0 Å². The molecule has 1 N–H and O–H groups in total. The second-order valence-corrected chi connectivity index (χ2v) is 6.15. The predicted molar refractivity (Wildman–Crippen MR) is 92.7 cm³/mol. The van der Waals surface area contributed by atoms with Crippen LogP contribution in [-0.4, -0.2) is 24.3 Å². The van der Waals surface area contributed by atoms with Gasteiger partial charge in [0, 0.05) is 19.4 Å². The molecular formula is C19H37O3. The summed E-state index contributed by atoms with van der Waals surface area (Å²) in [6.07, 6.45) is 19.1. The van der Waals surface area contributed by atoms with Crippen molar-refractivity contribution in [1.29, 1.82) is 0 Å². The molecule has 0 unspecified atom stereocenters. The Labute approximate surface area is 137 Å². The minimum atomic E-state index is -0.146. The second kappa shape index (κ2) is 18.5. The van der Waals surface area contributed by atoms with Crippen LogP contribution in [-0.2, 0) is 9.53 Å². The van der Waals surface area contributed by atoms with Gasteiger partial charge < -0.3 is 9.84 Å². The van der Waals surface area contributed by atoms with E-state index in [1.165, 1.54) is 70.6 Å². The van der Waals surface area contributed by atoms with Gasteiger partial charge in [-0.3, -0.25) is 4.79 Å². The third-order valence-corrected chi connectivity index (χ3v) is 3.98. The number of esters is 1. The van der Waals surface area contributed by atoms with Gasteiger partial charge in [-0.2, -0.15) is 0 Å². The van der Waals surface area contributed by atoms with Gasteiger partial charge in [0.25, 0.3) is 0 Å². The summed E-state index contributed by atoms with van der Waals surface area (Å²) >= 11 is 0. The number of carbonyl (C=O) groups is 1. The standard InChI is InChI=1S/C19H37O3/c1-2-3-4-5-6-7-8-9-10-11-12-13-14-16-19(21)22-18-15-17-20/h15,20H,2-14,16-18H2,1H3. The van der Waals surface area contributed by atoms with Crippen molar-refractivity contribution in [3.8, 4) is 0 Å². The third kappa shape index (κ3) is 17.5. The molecule has 3 nitrogen and oxygen atoms in total. The fourth-order valence-electron chi connectivity index (χ4n) is 2.56. The van der Waals surface area contributed by atoms with E-state index in [0.717, 1.165) is 12.8 Å². The van der Waals surface area contributed by atoms with Crippen molar-refractivity contribution in [3.63, 3.8) is 0 Å². The lowest BCUT2D eigenvalue weighted by molar-refractivity contribution is -0.143. The molecule has 0 aliphatic rings. The van der Waals surface area contributed by atoms with Crippen LogP contribution in [0.5, 0.6) is 0 Å². The topological polar surface area (TPSA) is 46.5 Å². The smallest absolute Gasteiger partial charge is 0.305 e. The molecule has 0 saturated heterocycles. The second-order valence-electron chi connectivity index (χ2n) is 6.15. The molecule has 0 heterocycles. The molecule has 22 heavy (non-hydrogen) atoms. The van der Waals surface area contributed by atoms with E-state index in [1.807, 2.05) is 0 Å². The van der Waals surface area contributed by atoms with E-state index >= 15 is 0 Å². The number of rotatable bonds is 17. The van der Waals surface area contributed by atoms with Crippen LogP contribution in [0.4, 0.5) is 0 Å². The van der Waals surface area contributed by atoms with Gasteiger partial charge in [0.2, 0.25) is 0 Å². The number of unbranched alkanes of at least 4 members (excludes halogenated alkanes) is 12. The summed E-state index contributed by atoms with van der Waals surface area (Å²) in [6.45, 7) is 2.46. The summed E-state index contributed by atoms with van der Waals surface area (Å²) in [5.74, 6) is -0.146. The van der Waals surface area contributed by atoms with Gasteiger partial charge in [-0.05, 0) is 6.42 Å². The molecule has 0 aromatic rings. The summed E-state index contributed by atoms with van der Waals surface area (Å²) in [5, 5.41) is 8.53. The molecule has 3 heteroatoms. The van der Waals surface area contributed by atoms with Crippen molar-refractivity contribution in [2.75, 3.05) is 13.2 Å². The fourth-order valence-corrected chi connectivity index (χ4v) is 2.56. The Morgan fingerprint density at radius 2 is 1.27 bits per heavy atom. The quantitative estimate of drug-likeness (QED) is 0.296. The molecule has 0 rings (SSSR count). The summed E-state index contributed by atoms with van der Waals surface area (Å²) in [7, 11) is 0. The maximum atomic E-state index is 11.3. The van der Waals surface area contributed by atoms with E-state index in [9.17, 15) is 4.79 Å². The molecule has 0 aromatic heterocycles. The van der Waals surface area contributed by atoms with E-state index < -0.39 is 0 Å². The van der Waals surface area contributed by atoms with Crippen molar-refractivity contribution in [1.82, 2.24) is 0 Å². The molecule has 131 valence electrons. The summed E-state index contributed by atoms with van der Waals surface area (Å²) in [5.41, 5.74) is 0. The van der Waals surface area contributed by atoms with Crippen molar-refractivity contribution < 1.29 is 14.6 Å². The Bertz CT molecular complexity index is 229. The van der Waals surface area contributed by atoms with Gasteiger partial charge in [0.1, 0.15) is 0 Å². The molecule has 0 aliphatic heterocycles. The zero-order valence-electron chi connectivity index (χ0n) is 14.7. The Balaban J connectivity index is 3.06. The predicted octanol–water partition coefficient (Wildman–Crippen LogP) is 5.21.